The van der Waals surface area contributed by atoms with Gasteiger partial charge in [-0.15, -0.1) is 0 Å². The Morgan fingerprint density at radius 1 is 0.923 bits per heavy atom. The molecule has 2 unspecified atom stereocenters. The van der Waals surface area contributed by atoms with Crippen molar-refractivity contribution in [2.45, 2.75) is 60.9 Å². The Kier molecular flexibility index (Phi) is 3.98. The summed E-state index contributed by atoms with van der Waals surface area (Å²) in [5.74, 6) is 0.682. The van der Waals surface area contributed by atoms with E-state index in [4.69, 9.17) is 5.73 Å². The zero-order valence-corrected chi connectivity index (χ0v) is 10.4. The van der Waals surface area contributed by atoms with Gasteiger partial charge < -0.3 is 5.73 Å². The summed E-state index contributed by atoms with van der Waals surface area (Å²) in [5.41, 5.74) is 6.76. The second kappa shape index (κ2) is 4.00. The zero-order valence-electron chi connectivity index (χ0n) is 10.4. The number of hydrogen-bond donors (Lipinski definition) is 1. The third kappa shape index (κ3) is 4.66. The molecule has 0 aliphatic heterocycles. The van der Waals surface area contributed by atoms with Gasteiger partial charge >= 0.3 is 0 Å². The Hall–Kier alpha value is -0.0400. The molecule has 2 atom stereocenters. The topological polar surface area (TPSA) is 26.0 Å². The van der Waals surface area contributed by atoms with E-state index in [2.05, 4.69) is 48.5 Å². The zero-order chi connectivity index (χ0) is 10.9. The van der Waals surface area contributed by atoms with Crippen LogP contribution in [0.1, 0.15) is 54.9 Å². The maximum absolute atomic E-state index is 6.15. The van der Waals surface area contributed by atoms with Crippen LogP contribution < -0.4 is 5.73 Å². The van der Waals surface area contributed by atoms with Crippen LogP contribution in [-0.2, 0) is 0 Å². The maximum Gasteiger partial charge on any atom is 0.00903 e. The molecule has 0 bridgehead atoms. The van der Waals surface area contributed by atoms with E-state index in [1.54, 1.807) is 0 Å². The molecule has 0 fully saturated rings. The predicted molar refractivity (Wildman–Crippen MR) is 60.7 cm³/mol. The maximum atomic E-state index is 6.15. The van der Waals surface area contributed by atoms with Crippen LogP contribution in [0.25, 0.3) is 0 Å². The molecule has 1 nitrogen and oxygen atoms in total. The normalized spacial score (nSPS) is 18.5. The van der Waals surface area contributed by atoms with E-state index < -0.39 is 0 Å². The second-order valence-electron chi connectivity index (χ2n) is 6.48. The molecule has 0 amide bonds. The van der Waals surface area contributed by atoms with Crippen molar-refractivity contribution in [2.24, 2.45) is 22.5 Å². The number of nitrogens with two attached hydrogens (primary N) is 1. The molecule has 0 heterocycles. The monoisotopic (exact) mass is 185 g/mol. The smallest absolute Gasteiger partial charge is 0.00903 e. The minimum atomic E-state index is 0.236. The minimum absolute atomic E-state index is 0.236. The molecule has 0 spiro atoms. The second-order valence-corrected chi connectivity index (χ2v) is 6.48. The van der Waals surface area contributed by atoms with Crippen LogP contribution in [0.2, 0.25) is 0 Å². The fourth-order valence-corrected chi connectivity index (χ4v) is 1.09. The van der Waals surface area contributed by atoms with Gasteiger partial charge in [-0.2, -0.15) is 0 Å². The summed E-state index contributed by atoms with van der Waals surface area (Å²) in [5, 5.41) is 0. The third-order valence-corrected chi connectivity index (χ3v) is 3.20. The minimum Gasteiger partial charge on any atom is -0.327 e. The summed E-state index contributed by atoms with van der Waals surface area (Å²) in [4.78, 5) is 0. The average molecular weight is 185 g/mol. The lowest BCUT2D eigenvalue weighted by molar-refractivity contribution is 0.190. The fourth-order valence-electron chi connectivity index (χ4n) is 1.09. The van der Waals surface area contributed by atoms with E-state index >= 15 is 0 Å². The van der Waals surface area contributed by atoms with Crippen LogP contribution in [0, 0.1) is 16.7 Å². The summed E-state index contributed by atoms with van der Waals surface area (Å²) in [6.45, 7) is 15.8. The molecular formula is C12H27N. The highest BCUT2D eigenvalue weighted by Crippen LogP contribution is 2.32. The molecule has 0 aromatic rings. The SMILES string of the molecule is CC(CC(N)C(C)(C)C)C(C)(C)C. The van der Waals surface area contributed by atoms with E-state index in [9.17, 15) is 0 Å². The van der Waals surface area contributed by atoms with Crippen LogP contribution in [0.5, 0.6) is 0 Å². The van der Waals surface area contributed by atoms with Gasteiger partial charge in [-0.1, -0.05) is 48.5 Å². The van der Waals surface area contributed by atoms with Crippen molar-refractivity contribution < 1.29 is 0 Å². The van der Waals surface area contributed by atoms with Crippen LogP contribution in [0.15, 0.2) is 0 Å². The van der Waals surface area contributed by atoms with Crippen LogP contribution in [0.4, 0.5) is 0 Å². The highest BCUT2D eigenvalue weighted by atomic mass is 14.7. The first-order valence-corrected chi connectivity index (χ1v) is 5.30. The first-order chi connectivity index (χ1) is 5.55. The lowest BCUT2D eigenvalue weighted by Gasteiger charge is -2.34. The molecule has 0 radical (unpaired) electrons. The average Bonchev–Trinajstić information content (AvgIpc) is 1.82. The van der Waals surface area contributed by atoms with Gasteiger partial charge in [0.25, 0.3) is 0 Å². The highest BCUT2D eigenvalue weighted by molar-refractivity contribution is 4.82. The Bertz CT molecular complexity index is 129. The molecule has 0 saturated carbocycles. The standard InChI is InChI=1S/C12H27N/c1-9(11(2,3)4)8-10(13)12(5,6)7/h9-10H,8,13H2,1-7H3. The number of hydrogen-bond acceptors (Lipinski definition) is 1. The first kappa shape index (κ1) is 13.0. The van der Waals surface area contributed by atoms with Crippen molar-refractivity contribution in [3.8, 4) is 0 Å². The quantitative estimate of drug-likeness (QED) is 0.701. The van der Waals surface area contributed by atoms with Crippen LogP contribution in [0.3, 0.4) is 0 Å². The molecule has 13 heavy (non-hydrogen) atoms. The van der Waals surface area contributed by atoms with Crippen molar-refractivity contribution >= 4 is 0 Å². The first-order valence-electron chi connectivity index (χ1n) is 5.30. The van der Waals surface area contributed by atoms with E-state index in [0.717, 1.165) is 6.42 Å². The Labute approximate surface area is 84.1 Å². The van der Waals surface area contributed by atoms with Crippen molar-refractivity contribution in [1.82, 2.24) is 0 Å². The van der Waals surface area contributed by atoms with Gasteiger partial charge in [-0.25, -0.2) is 0 Å². The molecule has 0 saturated heterocycles. The van der Waals surface area contributed by atoms with E-state index in [1.807, 2.05) is 0 Å². The summed E-state index contributed by atoms with van der Waals surface area (Å²) in [7, 11) is 0. The van der Waals surface area contributed by atoms with Crippen molar-refractivity contribution in [3.63, 3.8) is 0 Å². The van der Waals surface area contributed by atoms with E-state index in [1.165, 1.54) is 0 Å². The largest absolute Gasteiger partial charge is 0.327 e. The van der Waals surface area contributed by atoms with Gasteiger partial charge in [0.2, 0.25) is 0 Å². The molecule has 0 aliphatic carbocycles. The summed E-state index contributed by atoms with van der Waals surface area (Å²) in [6, 6.07) is 0.307. The highest BCUT2D eigenvalue weighted by Gasteiger charge is 2.27. The number of rotatable bonds is 2. The third-order valence-electron chi connectivity index (χ3n) is 3.20. The molecule has 0 aliphatic rings. The van der Waals surface area contributed by atoms with Crippen molar-refractivity contribution in [3.05, 3.63) is 0 Å². The lowest BCUT2D eigenvalue weighted by Crippen LogP contribution is -2.38. The summed E-state index contributed by atoms with van der Waals surface area (Å²) >= 11 is 0. The van der Waals surface area contributed by atoms with Crippen molar-refractivity contribution in [2.75, 3.05) is 0 Å². The predicted octanol–water partition coefficient (Wildman–Crippen LogP) is 3.43. The molecule has 1 heteroatoms. The molecule has 0 aromatic heterocycles. The Balaban J connectivity index is 4.15. The molecule has 0 aromatic carbocycles. The molecule has 2 N–H and O–H groups in total. The molecule has 0 rings (SSSR count). The van der Waals surface area contributed by atoms with Gasteiger partial charge in [0.05, 0.1) is 0 Å². The van der Waals surface area contributed by atoms with Crippen LogP contribution >= 0.6 is 0 Å². The summed E-state index contributed by atoms with van der Waals surface area (Å²) in [6.07, 6.45) is 1.12. The van der Waals surface area contributed by atoms with Gasteiger partial charge in [0.15, 0.2) is 0 Å². The molecular weight excluding hydrogens is 158 g/mol. The fraction of sp³-hybridized carbons (Fsp3) is 1.00. The van der Waals surface area contributed by atoms with Gasteiger partial charge in [-0.05, 0) is 23.2 Å². The molecule has 80 valence electrons. The van der Waals surface area contributed by atoms with E-state index in [0.29, 0.717) is 17.4 Å². The van der Waals surface area contributed by atoms with Crippen molar-refractivity contribution in [1.29, 1.82) is 0 Å². The van der Waals surface area contributed by atoms with E-state index in [-0.39, 0.29) is 5.41 Å². The lowest BCUT2D eigenvalue weighted by atomic mass is 9.74. The Morgan fingerprint density at radius 3 is 1.54 bits per heavy atom. The van der Waals surface area contributed by atoms with Gasteiger partial charge in [0, 0.05) is 6.04 Å². The summed E-state index contributed by atoms with van der Waals surface area (Å²) < 4.78 is 0. The van der Waals surface area contributed by atoms with Gasteiger partial charge in [-0.3, -0.25) is 0 Å². The van der Waals surface area contributed by atoms with Crippen LogP contribution in [-0.4, -0.2) is 6.04 Å². The Morgan fingerprint density at radius 2 is 1.31 bits per heavy atom. The van der Waals surface area contributed by atoms with Gasteiger partial charge in [0.1, 0.15) is 0 Å².